The molecule has 0 unspecified atom stereocenters. The SMILES string of the molecule is COc1ccc2nc(CCN3CCCCC3)cn2c1. The quantitative estimate of drug-likeness (QED) is 0.844. The van der Waals surface area contributed by atoms with Crippen LogP contribution in [0.4, 0.5) is 0 Å². The third-order valence-corrected chi connectivity index (χ3v) is 3.84. The molecule has 0 saturated carbocycles. The first-order chi connectivity index (χ1) is 9.35. The molecule has 1 fully saturated rings. The summed E-state index contributed by atoms with van der Waals surface area (Å²) in [5, 5.41) is 0. The molecule has 0 bridgehead atoms. The Morgan fingerprint density at radius 2 is 2.00 bits per heavy atom. The molecule has 4 nitrogen and oxygen atoms in total. The zero-order chi connectivity index (χ0) is 13.1. The molecule has 1 aliphatic heterocycles. The molecule has 0 radical (unpaired) electrons. The monoisotopic (exact) mass is 259 g/mol. The Kier molecular flexibility index (Phi) is 3.69. The molecule has 4 heteroatoms. The molecule has 0 aliphatic carbocycles. The third kappa shape index (κ3) is 2.89. The number of hydrogen-bond donors (Lipinski definition) is 0. The zero-order valence-electron chi connectivity index (χ0n) is 11.5. The number of nitrogens with zero attached hydrogens (tertiary/aromatic N) is 3. The van der Waals surface area contributed by atoms with E-state index in [1.54, 1.807) is 7.11 Å². The van der Waals surface area contributed by atoms with Crippen LogP contribution in [0.3, 0.4) is 0 Å². The van der Waals surface area contributed by atoms with Crippen LogP contribution in [0, 0.1) is 0 Å². The fraction of sp³-hybridized carbons (Fsp3) is 0.533. The lowest BCUT2D eigenvalue weighted by molar-refractivity contribution is 0.231. The van der Waals surface area contributed by atoms with Crippen LogP contribution >= 0.6 is 0 Å². The highest BCUT2D eigenvalue weighted by atomic mass is 16.5. The third-order valence-electron chi connectivity index (χ3n) is 3.84. The number of ether oxygens (including phenoxy) is 1. The molecule has 0 spiro atoms. The number of hydrogen-bond acceptors (Lipinski definition) is 3. The average molecular weight is 259 g/mol. The topological polar surface area (TPSA) is 29.8 Å². The van der Waals surface area contributed by atoms with Crippen LogP contribution < -0.4 is 4.74 Å². The predicted molar refractivity (Wildman–Crippen MR) is 75.7 cm³/mol. The van der Waals surface area contributed by atoms with E-state index in [0.717, 1.165) is 24.4 Å². The second-order valence-corrected chi connectivity index (χ2v) is 5.22. The smallest absolute Gasteiger partial charge is 0.137 e. The zero-order valence-corrected chi connectivity index (χ0v) is 11.5. The van der Waals surface area contributed by atoms with Gasteiger partial charge in [-0.3, -0.25) is 0 Å². The van der Waals surface area contributed by atoms with Gasteiger partial charge in [-0.15, -0.1) is 0 Å². The van der Waals surface area contributed by atoms with Crippen molar-refractivity contribution in [2.75, 3.05) is 26.7 Å². The second-order valence-electron chi connectivity index (χ2n) is 5.22. The minimum Gasteiger partial charge on any atom is -0.495 e. The molecule has 1 saturated heterocycles. The first kappa shape index (κ1) is 12.5. The highest BCUT2D eigenvalue weighted by Gasteiger charge is 2.10. The number of methoxy groups -OCH3 is 1. The lowest BCUT2D eigenvalue weighted by Crippen LogP contribution is -2.31. The van der Waals surface area contributed by atoms with E-state index in [2.05, 4.69) is 16.1 Å². The fourth-order valence-electron chi connectivity index (χ4n) is 2.72. The number of aromatic nitrogens is 2. The molecule has 19 heavy (non-hydrogen) atoms. The van der Waals surface area contributed by atoms with Crippen molar-refractivity contribution in [3.63, 3.8) is 0 Å². The lowest BCUT2D eigenvalue weighted by atomic mass is 10.1. The van der Waals surface area contributed by atoms with Gasteiger partial charge in [0.2, 0.25) is 0 Å². The molecule has 3 heterocycles. The van der Waals surface area contributed by atoms with Gasteiger partial charge in [0, 0.05) is 19.2 Å². The van der Waals surface area contributed by atoms with Crippen molar-refractivity contribution < 1.29 is 4.74 Å². The van der Waals surface area contributed by atoms with Gasteiger partial charge in [-0.1, -0.05) is 6.42 Å². The minimum atomic E-state index is 0.868. The summed E-state index contributed by atoms with van der Waals surface area (Å²) in [7, 11) is 1.69. The lowest BCUT2D eigenvalue weighted by Gasteiger charge is -2.25. The maximum absolute atomic E-state index is 5.23. The normalized spacial score (nSPS) is 16.9. The van der Waals surface area contributed by atoms with Crippen LogP contribution in [-0.2, 0) is 6.42 Å². The van der Waals surface area contributed by atoms with E-state index in [9.17, 15) is 0 Å². The molecule has 0 aromatic carbocycles. The summed E-state index contributed by atoms with van der Waals surface area (Å²) in [5.41, 5.74) is 2.16. The van der Waals surface area contributed by atoms with Gasteiger partial charge in [0.15, 0.2) is 0 Å². The number of likely N-dealkylation sites (tertiary alicyclic amines) is 1. The summed E-state index contributed by atoms with van der Waals surface area (Å²) in [6.45, 7) is 3.63. The number of pyridine rings is 1. The Labute approximate surface area is 114 Å². The molecule has 0 amide bonds. The predicted octanol–water partition coefficient (Wildman–Crippen LogP) is 2.37. The van der Waals surface area contributed by atoms with E-state index in [1.165, 1.54) is 38.0 Å². The van der Waals surface area contributed by atoms with E-state index >= 15 is 0 Å². The fourth-order valence-corrected chi connectivity index (χ4v) is 2.72. The first-order valence-electron chi connectivity index (χ1n) is 7.09. The van der Waals surface area contributed by atoms with Crippen molar-refractivity contribution in [3.05, 3.63) is 30.2 Å². The summed E-state index contributed by atoms with van der Waals surface area (Å²) >= 11 is 0. The van der Waals surface area contributed by atoms with Gasteiger partial charge in [0.05, 0.1) is 19.0 Å². The van der Waals surface area contributed by atoms with Gasteiger partial charge in [-0.05, 0) is 38.1 Å². The van der Waals surface area contributed by atoms with Crippen molar-refractivity contribution in [1.29, 1.82) is 0 Å². The van der Waals surface area contributed by atoms with Crippen molar-refractivity contribution in [1.82, 2.24) is 14.3 Å². The standard InChI is InChI=1S/C15H21N3O/c1-19-14-5-6-15-16-13(11-18(15)12-14)7-10-17-8-3-2-4-9-17/h5-6,11-12H,2-4,7-10H2,1H3. The van der Waals surface area contributed by atoms with Crippen molar-refractivity contribution in [2.45, 2.75) is 25.7 Å². The highest BCUT2D eigenvalue weighted by Crippen LogP contribution is 2.14. The molecule has 2 aromatic heterocycles. The molecule has 1 aliphatic rings. The number of fused-ring (bicyclic) bond motifs is 1. The second kappa shape index (κ2) is 5.61. The van der Waals surface area contributed by atoms with Crippen molar-refractivity contribution >= 4 is 5.65 Å². The first-order valence-corrected chi connectivity index (χ1v) is 7.09. The summed E-state index contributed by atoms with van der Waals surface area (Å²) in [5.74, 6) is 0.868. The minimum absolute atomic E-state index is 0.868. The molecule has 102 valence electrons. The molecule has 0 N–H and O–H groups in total. The molecule has 0 atom stereocenters. The summed E-state index contributed by atoms with van der Waals surface area (Å²) in [4.78, 5) is 7.20. The Balaban J connectivity index is 1.67. The highest BCUT2D eigenvalue weighted by molar-refractivity contribution is 5.43. The number of imidazole rings is 1. The Bertz CT molecular complexity index is 543. The van der Waals surface area contributed by atoms with E-state index in [0.29, 0.717) is 0 Å². The van der Waals surface area contributed by atoms with Gasteiger partial charge in [-0.2, -0.15) is 0 Å². The van der Waals surface area contributed by atoms with E-state index in [1.807, 2.05) is 22.7 Å². The summed E-state index contributed by atoms with van der Waals surface area (Å²) < 4.78 is 7.28. The van der Waals surface area contributed by atoms with E-state index in [-0.39, 0.29) is 0 Å². The van der Waals surface area contributed by atoms with Gasteiger partial charge in [0.1, 0.15) is 11.4 Å². The molecular formula is C15H21N3O. The van der Waals surface area contributed by atoms with Gasteiger partial charge >= 0.3 is 0 Å². The molecular weight excluding hydrogens is 238 g/mol. The van der Waals surface area contributed by atoms with E-state index < -0.39 is 0 Å². The van der Waals surface area contributed by atoms with Crippen LogP contribution in [0.1, 0.15) is 25.0 Å². The maximum atomic E-state index is 5.23. The average Bonchev–Trinajstić information content (AvgIpc) is 2.88. The maximum Gasteiger partial charge on any atom is 0.137 e. The molecule has 3 rings (SSSR count). The number of rotatable bonds is 4. The van der Waals surface area contributed by atoms with Gasteiger partial charge in [-0.25, -0.2) is 4.98 Å². The largest absolute Gasteiger partial charge is 0.495 e. The van der Waals surface area contributed by atoms with Gasteiger partial charge < -0.3 is 14.0 Å². The van der Waals surface area contributed by atoms with Gasteiger partial charge in [0.25, 0.3) is 0 Å². The molecule has 2 aromatic rings. The van der Waals surface area contributed by atoms with Crippen LogP contribution in [0.2, 0.25) is 0 Å². The Morgan fingerprint density at radius 3 is 2.79 bits per heavy atom. The van der Waals surface area contributed by atoms with Crippen LogP contribution in [0.25, 0.3) is 5.65 Å². The Morgan fingerprint density at radius 1 is 1.16 bits per heavy atom. The number of piperidine rings is 1. The van der Waals surface area contributed by atoms with Crippen LogP contribution in [-0.4, -0.2) is 41.0 Å². The summed E-state index contributed by atoms with van der Waals surface area (Å²) in [6, 6.07) is 3.96. The van der Waals surface area contributed by atoms with Crippen LogP contribution in [0.15, 0.2) is 24.5 Å². The Hall–Kier alpha value is -1.55. The summed E-state index contributed by atoms with van der Waals surface area (Å²) in [6.07, 6.45) is 9.22. The van der Waals surface area contributed by atoms with E-state index in [4.69, 9.17) is 4.74 Å². The van der Waals surface area contributed by atoms with Crippen molar-refractivity contribution in [3.8, 4) is 5.75 Å². The van der Waals surface area contributed by atoms with Crippen molar-refractivity contribution in [2.24, 2.45) is 0 Å². The van der Waals surface area contributed by atoms with Crippen LogP contribution in [0.5, 0.6) is 5.75 Å².